The highest BCUT2D eigenvalue weighted by molar-refractivity contribution is 7.12. The zero-order valence-corrected chi connectivity index (χ0v) is 16.8. The molecule has 2 amide bonds. The summed E-state index contributed by atoms with van der Waals surface area (Å²) < 4.78 is 20.5. The molecule has 1 aromatic carbocycles. The molecule has 2 aromatic rings. The highest BCUT2D eigenvalue weighted by Gasteiger charge is 2.13. The van der Waals surface area contributed by atoms with Crippen molar-refractivity contribution in [1.29, 1.82) is 0 Å². The fraction of sp³-hybridized carbons (Fsp3) is 0.211. The Labute approximate surface area is 171 Å². The molecule has 0 fully saturated rings. The van der Waals surface area contributed by atoms with E-state index in [9.17, 15) is 14.4 Å². The number of amides is 2. The van der Waals surface area contributed by atoms with E-state index in [4.69, 9.17) is 18.9 Å². The quantitative estimate of drug-likeness (QED) is 0.380. The van der Waals surface area contributed by atoms with Crippen LogP contribution in [0.1, 0.15) is 15.2 Å². The summed E-state index contributed by atoms with van der Waals surface area (Å²) in [5.41, 5.74) is 4.99. The van der Waals surface area contributed by atoms with Crippen molar-refractivity contribution >= 4 is 35.2 Å². The van der Waals surface area contributed by atoms with Crippen molar-refractivity contribution < 1.29 is 33.3 Å². The van der Waals surface area contributed by atoms with E-state index >= 15 is 0 Å². The molecule has 0 aliphatic heterocycles. The molecule has 0 saturated heterocycles. The van der Waals surface area contributed by atoms with Gasteiger partial charge in [0.05, 0.1) is 26.2 Å². The summed E-state index contributed by atoms with van der Waals surface area (Å²) in [6, 6.07) is 6.62. The lowest BCUT2D eigenvalue weighted by Crippen LogP contribution is -2.43. The molecule has 9 nitrogen and oxygen atoms in total. The monoisotopic (exact) mass is 420 g/mol. The first-order chi connectivity index (χ1) is 14.0. The van der Waals surface area contributed by atoms with Crippen LogP contribution in [0.3, 0.4) is 0 Å². The number of rotatable bonds is 8. The number of esters is 1. The van der Waals surface area contributed by atoms with Crippen LogP contribution in [0, 0.1) is 0 Å². The van der Waals surface area contributed by atoms with Crippen molar-refractivity contribution in [3.05, 3.63) is 46.2 Å². The average Bonchev–Trinajstić information content (AvgIpc) is 3.28. The van der Waals surface area contributed by atoms with Crippen molar-refractivity contribution in [1.82, 2.24) is 10.9 Å². The Bertz CT molecular complexity index is 869. The molecular weight excluding hydrogens is 400 g/mol. The van der Waals surface area contributed by atoms with Crippen LogP contribution >= 0.6 is 11.3 Å². The summed E-state index contributed by atoms with van der Waals surface area (Å²) in [6.45, 7) is -0.552. The van der Waals surface area contributed by atoms with Crippen LogP contribution in [0.25, 0.3) is 6.08 Å². The molecule has 0 radical (unpaired) electrons. The lowest BCUT2D eigenvalue weighted by Gasteiger charge is -2.12. The summed E-state index contributed by atoms with van der Waals surface area (Å²) in [5, 5.41) is 1.73. The number of hydrogen-bond acceptors (Lipinski definition) is 8. The molecule has 0 unspecified atom stereocenters. The number of thiophene rings is 1. The van der Waals surface area contributed by atoms with Crippen molar-refractivity contribution in [2.75, 3.05) is 27.9 Å². The molecule has 1 aromatic heterocycles. The number of carbonyl (C=O) groups is 3. The van der Waals surface area contributed by atoms with Crippen LogP contribution in [-0.2, 0) is 14.3 Å². The second-order valence-corrected chi connectivity index (χ2v) is 6.33. The van der Waals surface area contributed by atoms with Crippen molar-refractivity contribution in [2.45, 2.75) is 0 Å². The number of nitrogens with one attached hydrogen (secondary N) is 2. The lowest BCUT2D eigenvalue weighted by molar-refractivity contribution is -0.144. The maximum atomic E-state index is 11.8. The van der Waals surface area contributed by atoms with Gasteiger partial charge in [0.1, 0.15) is 0 Å². The van der Waals surface area contributed by atoms with Gasteiger partial charge < -0.3 is 18.9 Å². The van der Waals surface area contributed by atoms with Gasteiger partial charge in [-0.25, -0.2) is 4.79 Å². The molecule has 0 bridgehead atoms. The van der Waals surface area contributed by atoms with Gasteiger partial charge in [0.2, 0.25) is 5.75 Å². The van der Waals surface area contributed by atoms with Gasteiger partial charge in [0.15, 0.2) is 18.1 Å². The van der Waals surface area contributed by atoms with Crippen LogP contribution in [0.2, 0.25) is 0 Å². The Morgan fingerprint density at radius 1 is 1.03 bits per heavy atom. The molecule has 154 valence electrons. The average molecular weight is 420 g/mol. The summed E-state index contributed by atoms with van der Waals surface area (Å²) in [4.78, 5) is 35.6. The highest BCUT2D eigenvalue weighted by Crippen LogP contribution is 2.38. The molecule has 0 saturated carbocycles. The first-order valence-corrected chi connectivity index (χ1v) is 9.14. The smallest absolute Gasteiger partial charge is 0.331 e. The van der Waals surface area contributed by atoms with Crippen LogP contribution in [-0.4, -0.2) is 45.7 Å². The van der Waals surface area contributed by atoms with Gasteiger partial charge in [-0.15, -0.1) is 11.3 Å². The number of carbonyl (C=O) groups excluding carboxylic acids is 3. The van der Waals surface area contributed by atoms with E-state index < -0.39 is 24.4 Å². The Balaban J connectivity index is 1.86. The number of ether oxygens (including phenoxy) is 4. The van der Waals surface area contributed by atoms with E-state index in [0.717, 1.165) is 6.08 Å². The predicted octanol–water partition coefficient (Wildman–Crippen LogP) is 1.79. The molecule has 10 heteroatoms. The number of methoxy groups -OCH3 is 3. The van der Waals surface area contributed by atoms with Gasteiger partial charge in [-0.2, -0.15) is 0 Å². The standard InChI is InChI=1S/C19H20N2O7S/c1-25-13-9-12(10-14(26-2)18(13)27-3)6-7-17(23)28-11-16(22)20-21-19(24)15-5-4-8-29-15/h4-10H,11H2,1-3H3,(H,20,22)(H,21,24). The molecule has 2 rings (SSSR count). The first kappa shape index (κ1) is 21.8. The second-order valence-electron chi connectivity index (χ2n) is 5.38. The van der Waals surface area contributed by atoms with Crippen molar-refractivity contribution in [3.8, 4) is 17.2 Å². The van der Waals surface area contributed by atoms with Gasteiger partial charge in [-0.3, -0.25) is 20.4 Å². The van der Waals surface area contributed by atoms with Gasteiger partial charge in [0, 0.05) is 6.08 Å². The molecule has 1 heterocycles. The largest absolute Gasteiger partial charge is 0.493 e. The normalized spacial score (nSPS) is 10.3. The topological polar surface area (TPSA) is 112 Å². The van der Waals surface area contributed by atoms with E-state index in [1.165, 1.54) is 38.7 Å². The van der Waals surface area contributed by atoms with E-state index in [1.54, 1.807) is 29.6 Å². The third-order valence-corrected chi connectivity index (χ3v) is 4.37. The van der Waals surface area contributed by atoms with E-state index in [-0.39, 0.29) is 0 Å². The fourth-order valence-electron chi connectivity index (χ4n) is 2.18. The third-order valence-electron chi connectivity index (χ3n) is 3.50. The van der Waals surface area contributed by atoms with Crippen molar-refractivity contribution in [3.63, 3.8) is 0 Å². The van der Waals surface area contributed by atoms with E-state index in [0.29, 0.717) is 27.7 Å². The van der Waals surface area contributed by atoms with Gasteiger partial charge >= 0.3 is 5.97 Å². The molecular formula is C19H20N2O7S. The minimum Gasteiger partial charge on any atom is -0.493 e. The van der Waals surface area contributed by atoms with E-state index in [1.807, 2.05) is 0 Å². The Hall–Kier alpha value is -3.53. The highest BCUT2D eigenvalue weighted by atomic mass is 32.1. The summed E-state index contributed by atoms with van der Waals surface area (Å²) in [6.07, 6.45) is 2.63. The lowest BCUT2D eigenvalue weighted by atomic mass is 10.1. The van der Waals surface area contributed by atoms with Gasteiger partial charge in [0.25, 0.3) is 11.8 Å². The Morgan fingerprint density at radius 3 is 2.28 bits per heavy atom. The predicted molar refractivity (Wildman–Crippen MR) is 106 cm³/mol. The van der Waals surface area contributed by atoms with Crippen LogP contribution in [0.4, 0.5) is 0 Å². The summed E-state index contributed by atoms with van der Waals surface area (Å²) in [7, 11) is 4.45. The zero-order chi connectivity index (χ0) is 21.2. The molecule has 0 aliphatic rings. The van der Waals surface area contributed by atoms with Crippen LogP contribution in [0.5, 0.6) is 17.2 Å². The number of hydrogen-bond donors (Lipinski definition) is 2. The summed E-state index contributed by atoms with van der Waals surface area (Å²) in [5.74, 6) is -0.581. The van der Waals surface area contributed by atoms with E-state index in [2.05, 4.69) is 10.9 Å². The minimum absolute atomic E-state index is 0.427. The second kappa shape index (κ2) is 10.7. The van der Waals surface area contributed by atoms with Gasteiger partial charge in [-0.05, 0) is 35.2 Å². The maximum Gasteiger partial charge on any atom is 0.331 e. The number of hydrazine groups is 1. The molecule has 2 N–H and O–H groups in total. The number of benzene rings is 1. The molecule has 0 atom stereocenters. The summed E-state index contributed by atoms with van der Waals surface area (Å²) >= 11 is 1.23. The molecule has 0 spiro atoms. The van der Waals surface area contributed by atoms with Crippen LogP contribution in [0.15, 0.2) is 35.7 Å². The fourth-order valence-corrected chi connectivity index (χ4v) is 2.80. The molecule has 29 heavy (non-hydrogen) atoms. The molecule has 0 aliphatic carbocycles. The maximum absolute atomic E-state index is 11.8. The van der Waals surface area contributed by atoms with Crippen LogP contribution < -0.4 is 25.1 Å². The Kier molecular flexibility index (Phi) is 8.04. The van der Waals surface area contributed by atoms with Gasteiger partial charge in [-0.1, -0.05) is 6.07 Å². The first-order valence-electron chi connectivity index (χ1n) is 8.26. The SMILES string of the molecule is COc1cc(C=CC(=O)OCC(=O)NNC(=O)c2cccs2)cc(OC)c1OC. The zero-order valence-electron chi connectivity index (χ0n) is 16.0. The minimum atomic E-state index is -0.738. The Morgan fingerprint density at radius 2 is 1.72 bits per heavy atom. The third kappa shape index (κ3) is 6.25. The van der Waals surface area contributed by atoms with Crippen molar-refractivity contribution in [2.24, 2.45) is 0 Å².